The van der Waals surface area contributed by atoms with E-state index >= 15 is 0 Å². The molecule has 0 spiro atoms. The van der Waals surface area contributed by atoms with Crippen molar-refractivity contribution in [2.24, 2.45) is 0 Å². The van der Waals surface area contributed by atoms with Gasteiger partial charge in [0.25, 0.3) is 0 Å². The highest BCUT2D eigenvalue weighted by atomic mass is 35.5. The second kappa shape index (κ2) is 6.00. The third-order valence-electron chi connectivity index (χ3n) is 2.89. The molecule has 0 atom stereocenters. The molecule has 5 nitrogen and oxygen atoms in total. The minimum absolute atomic E-state index is 0.188. The summed E-state index contributed by atoms with van der Waals surface area (Å²) in [7, 11) is 1.29. The van der Waals surface area contributed by atoms with Crippen LogP contribution >= 0.6 is 11.6 Å². The van der Waals surface area contributed by atoms with Crippen molar-refractivity contribution < 1.29 is 13.9 Å². The van der Waals surface area contributed by atoms with Crippen LogP contribution in [-0.4, -0.2) is 28.1 Å². The van der Waals surface area contributed by atoms with Crippen LogP contribution in [0.5, 0.6) is 0 Å². The molecule has 0 bridgehead atoms. The summed E-state index contributed by atoms with van der Waals surface area (Å²) in [6.45, 7) is 2.19. The first-order chi connectivity index (χ1) is 9.56. The van der Waals surface area contributed by atoms with Gasteiger partial charge in [0.15, 0.2) is 5.69 Å². The van der Waals surface area contributed by atoms with E-state index in [4.69, 9.17) is 11.6 Å². The summed E-state index contributed by atoms with van der Waals surface area (Å²) in [5.74, 6) is -0.929. The first-order valence-electron chi connectivity index (χ1n) is 6.01. The van der Waals surface area contributed by atoms with Gasteiger partial charge in [-0.3, -0.25) is 0 Å². The Hall–Kier alpha value is -1.95. The van der Waals surface area contributed by atoms with Gasteiger partial charge < -0.3 is 4.74 Å². The molecule has 0 amide bonds. The standard InChI is InChI=1S/C13H13ClFN3O2/c1-3-11-12(13(19)20-2)16-17-18(11)7-8-4-5-9(15)6-10(8)14/h4-6H,3,7H2,1-2H3. The van der Waals surface area contributed by atoms with E-state index < -0.39 is 11.8 Å². The topological polar surface area (TPSA) is 57.0 Å². The minimum Gasteiger partial charge on any atom is -0.464 e. The third-order valence-corrected chi connectivity index (χ3v) is 3.24. The van der Waals surface area contributed by atoms with Crippen molar-refractivity contribution in [3.63, 3.8) is 0 Å². The molecule has 2 aromatic rings. The first-order valence-corrected chi connectivity index (χ1v) is 6.39. The van der Waals surface area contributed by atoms with E-state index in [1.807, 2.05) is 6.92 Å². The number of ether oxygens (including phenoxy) is 1. The molecule has 0 aliphatic carbocycles. The van der Waals surface area contributed by atoms with Crippen molar-refractivity contribution in [1.82, 2.24) is 15.0 Å². The number of esters is 1. The van der Waals surface area contributed by atoms with Gasteiger partial charge in [-0.05, 0) is 24.1 Å². The fraction of sp³-hybridized carbons (Fsp3) is 0.308. The molecule has 0 unspecified atom stereocenters. The number of methoxy groups -OCH3 is 1. The zero-order valence-electron chi connectivity index (χ0n) is 11.1. The average molecular weight is 298 g/mol. The van der Waals surface area contributed by atoms with E-state index in [1.165, 1.54) is 19.2 Å². The molecule has 1 aromatic heterocycles. The Bertz CT molecular complexity index is 643. The van der Waals surface area contributed by atoms with Gasteiger partial charge in [-0.15, -0.1) is 5.10 Å². The van der Waals surface area contributed by atoms with Crippen LogP contribution in [0.4, 0.5) is 4.39 Å². The third kappa shape index (κ3) is 2.80. The van der Waals surface area contributed by atoms with E-state index in [0.29, 0.717) is 29.2 Å². The van der Waals surface area contributed by atoms with Gasteiger partial charge in [-0.25, -0.2) is 13.9 Å². The van der Waals surface area contributed by atoms with Crippen molar-refractivity contribution in [2.45, 2.75) is 19.9 Å². The minimum atomic E-state index is -0.529. The van der Waals surface area contributed by atoms with Crippen LogP contribution in [0.3, 0.4) is 0 Å². The molecule has 0 saturated heterocycles. The second-order valence-corrected chi connectivity index (χ2v) is 4.53. The summed E-state index contributed by atoms with van der Waals surface area (Å²) in [5, 5.41) is 8.06. The molecule has 7 heteroatoms. The van der Waals surface area contributed by atoms with Crippen LogP contribution in [0, 0.1) is 5.82 Å². The summed E-state index contributed by atoms with van der Waals surface area (Å²) >= 11 is 5.98. The summed E-state index contributed by atoms with van der Waals surface area (Å²) in [6, 6.07) is 4.14. The molecule has 0 radical (unpaired) electrons. The molecule has 0 N–H and O–H groups in total. The van der Waals surface area contributed by atoms with E-state index in [1.54, 1.807) is 10.7 Å². The molecule has 2 rings (SSSR count). The number of hydrogen-bond donors (Lipinski definition) is 0. The van der Waals surface area contributed by atoms with Gasteiger partial charge in [0.1, 0.15) is 5.82 Å². The highest BCUT2D eigenvalue weighted by molar-refractivity contribution is 6.31. The summed E-state index contributed by atoms with van der Waals surface area (Å²) in [6.07, 6.45) is 0.566. The molecule has 20 heavy (non-hydrogen) atoms. The highest BCUT2D eigenvalue weighted by Gasteiger charge is 2.19. The maximum absolute atomic E-state index is 13.0. The SMILES string of the molecule is CCc1c(C(=O)OC)nnn1Cc1ccc(F)cc1Cl. The van der Waals surface area contributed by atoms with Crippen LogP contribution < -0.4 is 0 Å². The van der Waals surface area contributed by atoms with Gasteiger partial charge in [-0.1, -0.05) is 29.8 Å². The summed E-state index contributed by atoms with van der Waals surface area (Å²) in [4.78, 5) is 11.6. The lowest BCUT2D eigenvalue weighted by atomic mass is 10.2. The number of carbonyl (C=O) groups excluding carboxylic acids is 1. The van der Waals surface area contributed by atoms with Crippen LogP contribution in [0.15, 0.2) is 18.2 Å². The van der Waals surface area contributed by atoms with Gasteiger partial charge >= 0.3 is 5.97 Å². The summed E-state index contributed by atoms with van der Waals surface area (Å²) < 4.78 is 19.2. The lowest BCUT2D eigenvalue weighted by molar-refractivity contribution is 0.0592. The summed E-state index contributed by atoms with van der Waals surface area (Å²) in [5.41, 5.74) is 1.54. The van der Waals surface area contributed by atoms with Crippen molar-refractivity contribution >= 4 is 17.6 Å². The molecular formula is C13H13ClFN3O2. The molecule has 0 aliphatic rings. The Labute approximate surface area is 120 Å². The number of benzene rings is 1. The lowest BCUT2D eigenvalue weighted by Crippen LogP contribution is -2.10. The molecule has 1 aromatic carbocycles. The maximum atomic E-state index is 13.0. The monoisotopic (exact) mass is 297 g/mol. The Morgan fingerprint density at radius 2 is 2.25 bits per heavy atom. The number of rotatable bonds is 4. The Morgan fingerprint density at radius 3 is 2.85 bits per heavy atom. The maximum Gasteiger partial charge on any atom is 0.360 e. The van der Waals surface area contributed by atoms with Crippen molar-refractivity contribution in [1.29, 1.82) is 0 Å². The molecule has 0 saturated carbocycles. The van der Waals surface area contributed by atoms with Gasteiger partial charge in [0.2, 0.25) is 0 Å². The van der Waals surface area contributed by atoms with Gasteiger partial charge in [0, 0.05) is 5.02 Å². The van der Waals surface area contributed by atoms with Crippen molar-refractivity contribution in [3.8, 4) is 0 Å². The number of aromatic nitrogens is 3. The highest BCUT2D eigenvalue weighted by Crippen LogP contribution is 2.19. The predicted molar refractivity (Wildman–Crippen MR) is 71.3 cm³/mol. The molecule has 1 heterocycles. The van der Waals surface area contributed by atoms with Crippen LogP contribution in [0.2, 0.25) is 5.02 Å². The molecule has 0 aliphatic heterocycles. The van der Waals surface area contributed by atoms with Crippen LogP contribution in [0.1, 0.15) is 28.7 Å². The Morgan fingerprint density at radius 1 is 1.50 bits per heavy atom. The lowest BCUT2D eigenvalue weighted by Gasteiger charge is -2.07. The zero-order valence-corrected chi connectivity index (χ0v) is 11.8. The fourth-order valence-corrected chi connectivity index (χ4v) is 2.10. The van der Waals surface area contributed by atoms with E-state index in [2.05, 4.69) is 15.0 Å². The number of halogens is 2. The largest absolute Gasteiger partial charge is 0.464 e. The normalized spacial score (nSPS) is 10.6. The van der Waals surface area contributed by atoms with Gasteiger partial charge in [-0.2, -0.15) is 0 Å². The zero-order chi connectivity index (χ0) is 14.7. The van der Waals surface area contributed by atoms with Crippen molar-refractivity contribution in [3.05, 3.63) is 46.0 Å². The average Bonchev–Trinajstić information content (AvgIpc) is 2.83. The smallest absolute Gasteiger partial charge is 0.360 e. The number of hydrogen-bond acceptors (Lipinski definition) is 4. The molecule has 106 valence electrons. The fourth-order valence-electron chi connectivity index (χ4n) is 1.88. The number of nitrogens with zero attached hydrogens (tertiary/aromatic N) is 3. The quantitative estimate of drug-likeness (QED) is 0.814. The first kappa shape index (κ1) is 14.5. The van der Waals surface area contributed by atoms with E-state index in [0.717, 1.165) is 0 Å². The van der Waals surface area contributed by atoms with Crippen LogP contribution in [0.25, 0.3) is 0 Å². The molecular weight excluding hydrogens is 285 g/mol. The van der Waals surface area contributed by atoms with Gasteiger partial charge in [0.05, 0.1) is 19.3 Å². The predicted octanol–water partition coefficient (Wildman–Crippen LogP) is 2.47. The van der Waals surface area contributed by atoms with E-state index in [9.17, 15) is 9.18 Å². The van der Waals surface area contributed by atoms with Crippen molar-refractivity contribution in [2.75, 3.05) is 7.11 Å². The van der Waals surface area contributed by atoms with E-state index in [-0.39, 0.29) is 5.69 Å². The Balaban J connectivity index is 2.34. The Kier molecular flexibility index (Phi) is 4.34. The second-order valence-electron chi connectivity index (χ2n) is 4.12. The van der Waals surface area contributed by atoms with Crippen LogP contribution in [-0.2, 0) is 17.7 Å². The molecule has 0 fully saturated rings. The number of carbonyl (C=O) groups is 1.